The Kier molecular flexibility index (Phi) is 6.66. The van der Waals surface area contributed by atoms with Gasteiger partial charge in [-0.25, -0.2) is 4.98 Å². The maximum absolute atomic E-state index is 12.9. The number of amides is 1. The van der Waals surface area contributed by atoms with Gasteiger partial charge >= 0.3 is 6.18 Å². The van der Waals surface area contributed by atoms with Crippen LogP contribution in [-0.4, -0.2) is 38.7 Å². The first-order chi connectivity index (χ1) is 17.3. The molecule has 0 N–H and O–H groups in total. The minimum absolute atomic E-state index is 0.187. The minimum atomic E-state index is -4.52. The summed E-state index contributed by atoms with van der Waals surface area (Å²) in [5.41, 5.74) is 1.37. The summed E-state index contributed by atoms with van der Waals surface area (Å²) in [5, 5.41) is 9.07. The number of hydrogen-bond acceptors (Lipinski definition) is 4. The van der Waals surface area contributed by atoms with Gasteiger partial charge in [-0.3, -0.25) is 9.48 Å². The molecule has 0 atom stereocenters. The highest BCUT2D eigenvalue weighted by molar-refractivity contribution is 7.09. The number of likely N-dealkylation sites (tertiary alicyclic amines) is 1. The van der Waals surface area contributed by atoms with E-state index in [2.05, 4.69) is 41.5 Å². The molecular weight excluding hydrogens is 485 g/mol. The zero-order valence-electron chi connectivity index (χ0n) is 19.7. The highest BCUT2D eigenvalue weighted by Gasteiger charge is 2.35. The van der Waals surface area contributed by atoms with Gasteiger partial charge in [0.05, 0.1) is 10.7 Å². The molecule has 0 bridgehead atoms. The largest absolute Gasteiger partial charge is 0.435 e. The Morgan fingerprint density at radius 2 is 1.83 bits per heavy atom. The second-order valence-corrected chi connectivity index (χ2v) is 9.92. The summed E-state index contributed by atoms with van der Waals surface area (Å²) in [7, 11) is 0. The molecule has 5 nitrogen and oxygen atoms in total. The van der Waals surface area contributed by atoms with Crippen molar-refractivity contribution >= 4 is 40.2 Å². The average molecular weight is 511 g/mol. The van der Waals surface area contributed by atoms with Crippen LogP contribution >= 0.6 is 11.3 Å². The van der Waals surface area contributed by atoms with Gasteiger partial charge in [-0.15, -0.1) is 11.3 Å². The number of fused-ring (bicyclic) bond motifs is 1. The Balaban J connectivity index is 1.17. The van der Waals surface area contributed by atoms with E-state index in [-0.39, 0.29) is 18.4 Å². The van der Waals surface area contributed by atoms with E-state index in [1.165, 1.54) is 17.7 Å². The molecule has 1 amide bonds. The molecule has 1 saturated heterocycles. The maximum Gasteiger partial charge on any atom is 0.435 e. The number of aromatic nitrogens is 3. The average Bonchev–Trinajstić information content (AvgIpc) is 3.49. The van der Waals surface area contributed by atoms with Crippen molar-refractivity contribution in [2.45, 2.75) is 38.4 Å². The summed E-state index contributed by atoms with van der Waals surface area (Å²) < 4.78 is 39.8. The lowest BCUT2D eigenvalue weighted by Gasteiger charge is -2.31. The Morgan fingerprint density at radius 3 is 2.56 bits per heavy atom. The third-order valence-corrected chi connectivity index (χ3v) is 7.54. The molecular formula is C27H25F3N4OS. The Hall–Kier alpha value is -3.46. The van der Waals surface area contributed by atoms with Crippen molar-refractivity contribution in [2.24, 2.45) is 0 Å². The molecule has 1 aliphatic heterocycles. The zero-order chi connectivity index (χ0) is 25.3. The van der Waals surface area contributed by atoms with Crippen LogP contribution in [0.2, 0.25) is 0 Å². The van der Waals surface area contributed by atoms with Gasteiger partial charge in [0.2, 0.25) is 5.91 Å². The molecule has 3 heterocycles. The van der Waals surface area contributed by atoms with E-state index in [0.29, 0.717) is 18.8 Å². The zero-order valence-corrected chi connectivity index (χ0v) is 20.5. The standard InChI is InChI=1S/C27H25F3N4OS/c1-18-14-24(27(28,29)30)32-34(18)16-25(35)33-12-10-21(11-13-33)26-31-23(17-36-26)9-7-19-6-8-20-4-2-3-5-22(20)15-19/h2-9,14-15,17,21H,10-13,16H2,1H3/b9-7-. The van der Waals surface area contributed by atoms with Gasteiger partial charge in [0.1, 0.15) is 6.54 Å². The van der Waals surface area contributed by atoms with Crippen molar-refractivity contribution in [1.82, 2.24) is 19.7 Å². The molecule has 36 heavy (non-hydrogen) atoms. The number of carbonyl (C=O) groups is 1. The number of rotatable bonds is 5. The molecule has 0 unspecified atom stereocenters. The molecule has 0 aliphatic carbocycles. The van der Waals surface area contributed by atoms with Gasteiger partial charge in [-0.1, -0.05) is 42.5 Å². The van der Waals surface area contributed by atoms with Gasteiger partial charge in [0.25, 0.3) is 0 Å². The molecule has 2 aromatic heterocycles. The normalized spacial score (nSPS) is 15.3. The summed E-state index contributed by atoms with van der Waals surface area (Å²) in [6.45, 7) is 2.44. The van der Waals surface area contributed by atoms with Crippen molar-refractivity contribution in [1.29, 1.82) is 0 Å². The predicted molar refractivity (Wildman–Crippen MR) is 136 cm³/mol. The highest BCUT2D eigenvalue weighted by Crippen LogP contribution is 2.31. The van der Waals surface area contributed by atoms with Crippen LogP contribution in [0.1, 0.15) is 46.4 Å². The molecule has 1 aliphatic rings. The van der Waals surface area contributed by atoms with Crippen molar-refractivity contribution in [3.8, 4) is 0 Å². The minimum Gasteiger partial charge on any atom is -0.341 e. The summed E-state index contributed by atoms with van der Waals surface area (Å²) >= 11 is 1.63. The third kappa shape index (κ3) is 5.36. The van der Waals surface area contributed by atoms with Crippen LogP contribution in [0.5, 0.6) is 0 Å². The molecule has 186 valence electrons. The summed E-state index contributed by atoms with van der Waals surface area (Å²) in [5.74, 6) is 0.0525. The summed E-state index contributed by atoms with van der Waals surface area (Å²) in [6, 6.07) is 15.6. The van der Waals surface area contributed by atoms with Crippen LogP contribution in [-0.2, 0) is 17.5 Å². The fourth-order valence-electron chi connectivity index (χ4n) is 4.47. The smallest absolute Gasteiger partial charge is 0.341 e. The molecule has 0 spiro atoms. The molecule has 2 aromatic carbocycles. The quantitative estimate of drug-likeness (QED) is 0.312. The number of alkyl halides is 3. The van der Waals surface area contributed by atoms with Crippen molar-refractivity contribution < 1.29 is 18.0 Å². The molecule has 9 heteroatoms. The number of nitrogens with zero attached hydrogens (tertiary/aromatic N) is 4. The number of piperidine rings is 1. The monoisotopic (exact) mass is 510 g/mol. The first kappa shape index (κ1) is 24.2. The molecule has 0 radical (unpaired) electrons. The topological polar surface area (TPSA) is 51.0 Å². The fraction of sp³-hybridized carbons (Fsp3) is 0.296. The second kappa shape index (κ2) is 9.89. The number of benzene rings is 2. The van der Waals surface area contributed by atoms with Gasteiger partial charge in [0, 0.05) is 30.1 Å². The third-order valence-electron chi connectivity index (χ3n) is 6.51. The number of halogens is 3. The predicted octanol–water partition coefficient (Wildman–Crippen LogP) is 6.40. The highest BCUT2D eigenvalue weighted by atomic mass is 32.1. The first-order valence-electron chi connectivity index (χ1n) is 11.8. The second-order valence-electron chi connectivity index (χ2n) is 9.03. The maximum atomic E-state index is 12.9. The van der Waals surface area contributed by atoms with Crippen LogP contribution in [0.25, 0.3) is 22.9 Å². The molecule has 4 aromatic rings. The van der Waals surface area contributed by atoms with Gasteiger partial charge in [-0.2, -0.15) is 18.3 Å². The van der Waals surface area contributed by atoms with E-state index in [9.17, 15) is 18.0 Å². The Bertz CT molecular complexity index is 1410. The fourth-order valence-corrected chi connectivity index (χ4v) is 5.43. The summed E-state index contributed by atoms with van der Waals surface area (Å²) in [4.78, 5) is 19.2. The summed E-state index contributed by atoms with van der Waals surface area (Å²) in [6.07, 6.45) is 1.12. The first-order valence-corrected chi connectivity index (χ1v) is 12.7. The van der Waals surface area contributed by atoms with E-state index in [1.807, 2.05) is 23.6 Å². The van der Waals surface area contributed by atoms with Crippen molar-refractivity contribution in [3.05, 3.63) is 81.6 Å². The van der Waals surface area contributed by atoms with Gasteiger partial charge < -0.3 is 4.90 Å². The van der Waals surface area contributed by atoms with Crippen LogP contribution in [0.4, 0.5) is 13.2 Å². The number of hydrogen-bond donors (Lipinski definition) is 0. The van der Waals surface area contributed by atoms with E-state index in [0.717, 1.165) is 39.9 Å². The van der Waals surface area contributed by atoms with Gasteiger partial charge in [0.15, 0.2) is 5.69 Å². The molecule has 0 saturated carbocycles. The number of thiazole rings is 1. The van der Waals surface area contributed by atoms with E-state index in [4.69, 9.17) is 4.98 Å². The number of aryl methyl sites for hydroxylation is 1. The lowest BCUT2D eigenvalue weighted by atomic mass is 9.97. The van der Waals surface area contributed by atoms with Crippen LogP contribution in [0.15, 0.2) is 53.9 Å². The van der Waals surface area contributed by atoms with E-state index < -0.39 is 11.9 Å². The molecule has 1 fully saturated rings. The molecule has 5 rings (SSSR count). The van der Waals surface area contributed by atoms with Gasteiger partial charge in [-0.05, 0) is 54.3 Å². The number of carbonyl (C=O) groups excluding carboxylic acids is 1. The lowest BCUT2D eigenvalue weighted by molar-refractivity contribution is -0.142. The van der Waals surface area contributed by atoms with E-state index >= 15 is 0 Å². The lowest BCUT2D eigenvalue weighted by Crippen LogP contribution is -2.40. The van der Waals surface area contributed by atoms with Crippen molar-refractivity contribution in [3.63, 3.8) is 0 Å². The Labute approximate surface area is 210 Å². The van der Waals surface area contributed by atoms with Crippen molar-refractivity contribution in [2.75, 3.05) is 13.1 Å². The Morgan fingerprint density at radius 1 is 1.08 bits per heavy atom. The SMILES string of the molecule is Cc1cc(C(F)(F)F)nn1CC(=O)N1CCC(c2nc(/C=C\c3ccc4ccccc4c3)cs2)CC1. The van der Waals surface area contributed by atoms with E-state index in [1.54, 1.807) is 16.2 Å². The van der Waals surface area contributed by atoms with Crippen LogP contribution in [0, 0.1) is 6.92 Å². The van der Waals surface area contributed by atoms with Crippen LogP contribution < -0.4 is 0 Å². The van der Waals surface area contributed by atoms with Crippen LogP contribution in [0.3, 0.4) is 0 Å².